The van der Waals surface area contributed by atoms with Crippen LogP contribution < -0.4 is 9.47 Å². The maximum absolute atomic E-state index is 11.4. The summed E-state index contributed by atoms with van der Waals surface area (Å²) in [5.41, 5.74) is 1.04. The molecule has 0 aliphatic heterocycles. The van der Waals surface area contributed by atoms with Crippen molar-refractivity contribution in [2.45, 2.75) is 0 Å². The second-order valence-corrected chi connectivity index (χ2v) is 4.40. The molecule has 0 atom stereocenters. The molecule has 2 rings (SSSR count). The van der Waals surface area contributed by atoms with Crippen molar-refractivity contribution >= 4 is 12.3 Å². The quantitative estimate of drug-likeness (QED) is 0.447. The Morgan fingerprint density at radius 1 is 1.00 bits per heavy atom. The zero-order valence-corrected chi connectivity index (χ0v) is 12.2. The van der Waals surface area contributed by atoms with Crippen molar-refractivity contribution in [3.05, 3.63) is 59.7 Å². The van der Waals surface area contributed by atoms with Gasteiger partial charge in [-0.25, -0.2) is 4.79 Å². The molecule has 0 saturated heterocycles. The third-order valence-electron chi connectivity index (χ3n) is 2.89. The van der Waals surface area contributed by atoms with E-state index in [4.69, 9.17) is 9.47 Å². The summed E-state index contributed by atoms with van der Waals surface area (Å²) in [6, 6.07) is 13.6. The van der Waals surface area contributed by atoms with Gasteiger partial charge in [-0.1, -0.05) is 6.07 Å². The molecule has 22 heavy (non-hydrogen) atoms. The summed E-state index contributed by atoms with van der Waals surface area (Å²) in [6.07, 6.45) is 0.779. The fourth-order valence-corrected chi connectivity index (χ4v) is 1.79. The molecule has 0 N–H and O–H groups in total. The van der Waals surface area contributed by atoms with Crippen LogP contribution in [0.3, 0.4) is 0 Å². The molecule has 0 radical (unpaired) electrons. The van der Waals surface area contributed by atoms with Crippen molar-refractivity contribution in [2.75, 3.05) is 20.3 Å². The Balaban J connectivity index is 1.80. The molecular formula is C17H16O5. The van der Waals surface area contributed by atoms with Crippen LogP contribution in [0.4, 0.5) is 0 Å². The maximum Gasteiger partial charge on any atom is 0.337 e. The normalized spacial score (nSPS) is 9.86. The van der Waals surface area contributed by atoms with Gasteiger partial charge in [0.05, 0.1) is 12.7 Å². The smallest absolute Gasteiger partial charge is 0.337 e. The molecule has 5 nitrogen and oxygen atoms in total. The van der Waals surface area contributed by atoms with Crippen molar-refractivity contribution in [1.82, 2.24) is 0 Å². The number of hydrogen-bond acceptors (Lipinski definition) is 5. The van der Waals surface area contributed by atoms with Crippen LogP contribution in [0, 0.1) is 0 Å². The number of ether oxygens (including phenoxy) is 3. The fourth-order valence-electron chi connectivity index (χ4n) is 1.79. The van der Waals surface area contributed by atoms with Gasteiger partial charge in [-0.3, -0.25) is 4.79 Å². The summed E-state index contributed by atoms with van der Waals surface area (Å²) in [4.78, 5) is 21.9. The number of methoxy groups -OCH3 is 1. The Hall–Kier alpha value is -2.82. The average molecular weight is 300 g/mol. The zero-order valence-electron chi connectivity index (χ0n) is 12.2. The van der Waals surface area contributed by atoms with E-state index in [-0.39, 0.29) is 0 Å². The molecule has 0 aliphatic rings. The molecule has 5 heteroatoms. The predicted octanol–water partition coefficient (Wildman–Crippen LogP) is 2.74. The Morgan fingerprint density at radius 2 is 1.68 bits per heavy atom. The lowest BCUT2D eigenvalue weighted by Crippen LogP contribution is -2.09. The monoisotopic (exact) mass is 300 g/mol. The lowest BCUT2D eigenvalue weighted by atomic mass is 10.2. The SMILES string of the molecule is COC(=O)c1cccc(OCCOc2ccc(C=O)cc2)c1. The minimum atomic E-state index is -0.406. The topological polar surface area (TPSA) is 61.8 Å². The summed E-state index contributed by atoms with van der Waals surface area (Å²) in [5, 5.41) is 0. The molecule has 2 aromatic carbocycles. The molecule has 0 aromatic heterocycles. The van der Waals surface area contributed by atoms with Crippen LogP contribution in [0.5, 0.6) is 11.5 Å². The van der Waals surface area contributed by atoms with Crippen LogP contribution in [-0.2, 0) is 4.74 Å². The first-order valence-corrected chi connectivity index (χ1v) is 6.72. The number of rotatable bonds is 7. The van der Waals surface area contributed by atoms with Gasteiger partial charge in [0, 0.05) is 5.56 Å². The number of carbonyl (C=O) groups is 2. The first-order valence-electron chi connectivity index (χ1n) is 6.72. The highest BCUT2D eigenvalue weighted by Gasteiger charge is 2.06. The van der Waals surface area contributed by atoms with Crippen LogP contribution >= 0.6 is 0 Å². The van der Waals surface area contributed by atoms with Gasteiger partial charge in [0.2, 0.25) is 0 Å². The molecular weight excluding hydrogens is 284 g/mol. The fraction of sp³-hybridized carbons (Fsp3) is 0.176. The summed E-state index contributed by atoms with van der Waals surface area (Å²) in [7, 11) is 1.33. The standard InChI is InChI=1S/C17H16O5/c1-20-17(19)14-3-2-4-16(11-14)22-10-9-21-15-7-5-13(12-18)6-8-15/h2-8,11-12H,9-10H2,1H3. The molecule has 2 aromatic rings. The van der Waals surface area contributed by atoms with Crippen LogP contribution in [-0.4, -0.2) is 32.6 Å². The van der Waals surface area contributed by atoms with Gasteiger partial charge in [-0.2, -0.15) is 0 Å². The van der Waals surface area contributed by atoms with E-state index in [1.807, 2.05) is 0 Å². The van der Waals surface area contributed by atoms with E-state index < -0.39 is 5.97 Å². The Morgan fingerprint density at radius 3 is 2.32 bits per heavy atom. The first kappa shape index (κ1) is 15.6. The van der Waals surface area contributed by atoms with Crippen LogP contribution in [0.1, 0.15) is 20.7 Å². The van der Waals surface area contributed by atoms with Crippen molar-refractivity contribution in [3.63, 3.8) is 0 Å². The summed E-state index contributed by atoms with van der Waals surface area (Å²) in [5.74, 6) is 0.831. The van der Waals surface area contributed by atoms with Crippen molar-refractivity contribution in [3.8, 4) is 11.5 Å². The molecule has 0 unspecified atom stereocenters. The van der Waals surface area contributed by atoms with Crippen molar-refractivity contribution in [2.24, 2.45) is 0 Å². The number of esters is 1. The van der Waals surface area contributed by atoms with Gasteiger partial charge in [0.25, 0.3) is 0 Å². The van der Waals surface area contributed by atoms with Gasteiger partial charge < -0.3 is 14.2 Å². The van der Waals surface area contributed by atoms with Gasteiger partial charge in [0.15, 0.2) is 0 Å². The first-order chi connectivity index (χ1) is 10.7. The van der Waals surface area contributed by atoms with E-state index in [0.717, 1.165) is 6.29 Å². The Bertz CT molecular complexity index is 634. The molecule has 0 aliphatic carbocycles. The maximum atomic E-state index is 11.4. The highest BCUT2D eigenvalue weighted by atomic mass is 16.5. The molecule has 0 saturated carbocycles. The zero-order chi connectivity index (χ0) is 15.8. The van der Waals surface area contributed by atoms with E-state index in [2.05, 4.69) is 4.74 Å². The summed E-state index contributed by atoms with van der Waals surface area (Å²) >= 11 is 0. The third-order valence-corrected chi connectivity index (χ3v) is 2.89. The van der Waals surface area contributed by atoms with Crippen molar-refractivity contribution < 1.29 is 23.8 Å². The van der Waals surface area contributed by atoms with Crippen LogP contribution in [0.25, 0.3) is 0 Å². The van der Waals surface area contributed by atoms with Crippen LogP contribution in [0.2, 0.25) is 0 Å². The lowest BCUT2D eigenvalue weighted by molar-refractivity contribution is 0.0600. The second kappa shape index (κ2) is 7.83. The van der Waals surface area contributed by atoms with E-state index in [1.165, 1.54) is 7.11 Å². The van der Waals surface area contributed by atoms with E-state index in [1.54, 1.807) is 48.5 Å². The number of aldehydes is 1. The summed E-state index contributed by atoms with van der Waals surface area (Å²) in [6.45, 7) is 0.683. The lowest BCUT2D eigenvalue weighted by Gasteiger charge is -2.09. The highest BCUT2D eigenvalue weighted by molar-refractivity contribution is 5.89. The number of hydrogen-bond donors (Lipinski definition) is 0. The van der Waals surface area contributed by atoms with Gasteiger partial charge >= 0.3 is 5.97 Å². The number of carbonyl (C=O) groups excluding carboxylic acids is 2. The number of benzene rings is 2. The molecule has 0 heterocycles. The average Bonchev–Trinajstić information content (AvgIpc) is 2.59. The molecule has 0 bridgehead atoms. The second-order valence-electron chi connectivity index (χ2n) is 4.40. The van der Waals surface area contributed by atoms with E-state index in [0.29, 0.717) is 35.8 Å². The third kappa shape index (κ3) is 4.34. The molecule has 114 valence electrons. The minimum absolute atomic E-state index is 0.333. The highest BCUT2D eigenvalue weighted by Crippen LogP contribution is 2.15. The predicted molar refractivity (Wildman–Crippen MR) is 80.6 cm³/mol. The Labute approximate surface area is 128 Å². The van der Waals surface area contributed by atoms with Gasteiger partial charge in [-0.05, 0) is 42.5 Å². The van der Waals surface area contributed by atoms with Crippen molar-refractivity contribution in [1.29, 1.82) is 0 Å². The van der Waals surface area contributed by atoms with Gasteiger partial charge in [0.1, 0.15) is 31.0 Å². The van der Waals surface area contributed by atoms with Crippen LogP contribution in [0.15, 0.2) is 48.5 Å². The Kier molecular flexibility index (Phi) is 5.54. The van der Waals surface area contributed by atoms with E-state index in [9.17, 15) is 9.59 Å². The molecule has 0 spiro atoms. The largest absolute Gasteiger partial charge is 0.490 e. The van der Waals surface area contributed by atoms with Gasteiger partial charge in [-0.15, -0.1) is 0 Å². The summed E-state index contributed by atoms with van der Waals surface area (Å²) < 4.78 is 15.7. The molecule has 0 amide bonds. The minimum Gasteiger partial charge on any atom is -0.490 e. The molecule has 0 fully saturated rings. The van der Waals surface area contributed by atoms with E-state index >= 15 is 0 Å².